The van der Waals surface area contributed by atoms with E-state index in [1.54, 1.807) is 31.2 Å². The number of benzene rings is 2. The minimum absolute atomic E-state index is 0.215. The number of nitrogens with zero attached hydrogens (tertiary/aromatic N) is 1. The van der Waals surface area contributed by atoms with Crippen LogP contribution in [-0.2, 0) is 14.8 Å². The van der Waals surface area contributed by atoms with Crippen LogP contribution < -0.4 is 10.1 Å². The molecule has 0 radical (unpaired) electrons. The van der Waals surface area contributed by atoms with Gasteiger partial charge in [0.05, 0.1) is 14.9 Å². The number of anilines is 1. The summed E-state index contributed by atoms with van der Waals surface area (Å²) in [5, 5.41) is 3.44. The SMILES string of the molecule is CC(Oc1ccc(Cl)c(Cl)c1)C(=O)Nc1ccc(S(=O)(=O)N2CCCC2)cc1. The van der Waals surface area contributed by atoms with E-state index in [-0.39, 0.29) is 10.8 Å². The molecule has 2 aromatic rings. The van der Waals surface area contributed by atoms with Crippen molar-refractivity contribution in [2.45, 2.75) is 30.8 Å². The van der Waals surface area contributed by atoms with Gasteiger partial charge in [0.1, 0.15) is 5.75 Å². The average Bonchev–Trinajstić information content (AvgIpc) is 3.21. The molecule has 3 rings (SSSR count). The largest absolute Gasteiger partial charge is 0.481 e. The summed E-state index contributed by atoms with van der Waals surface area (Å²) < 4.78 is 32.1. The summed E-state index contributed by atoms with van der Waals surface area (Å²) in [6.07, 6.45) is 0.971. The third-order valence-electron chi connectivity index (χ3n) is 4.40. The number of sulfonamides is 1. The number of carbonyl (C=O) groups is 1. The Bertz CT molecular complexity index is 958. The molecular weight excluding hydrogens is 423 g/mol. The van der Waals surface area contributed by atoms with Crippen molar-refractivity contribution in [1.29, 1.82) is 0 Å². The molecule has 0 bridgehead atoms. The molecule has 2 aromatic carbocycles. The highest BCUT2D eigenvalue weighted by Crippen LogP contribution is 2.27. The van der Waals surface area contributed by atoms with Crippen molar-refractivity contribution in [2.24, 2.45) is 0 Å². The number of hydrogen-bond donors (Lipinski definition) is 1. The second-order valence-corrected chi connectivity index (χ2v) is 9.21. The number of amides is 1. The Balaban J connectivity index is 1.62. The predicted octanol–water partition coefficient (Wildman–Crippen LogP) is 4.18. The summed E-state index contributed by atoms with van der Waals surface area (Å²) in [5.41, 5.74) is 0.481. The smallest absolute Gasteiger partial charge is 0.265 e. The van der Waals surface area contributed by atoms with Crippen LogP contribution in [0.4, 0.5) is 5.69 Å². The highest BCUT2D eigenvalue weighted by atomic mass is 35.5. The Labute approximate surface area is 174 Å². The summed E-state index contributed by atoms with van der Waals surface area (Å²) in [7, 11) is -3.48. The van der Waals surface area contributed by atoms with E-state index in [9.17, 15) is 13.2 Å². The van der Waals surface area contributed by atoms with Crippen LogP contribution in [0.1, 0.15) is 19.8 Å². The molecule has 0 aromatic heterocycles. The van der Waals surface area contributed by atoms with Crippen LogP contribution in [0.3, 0.4) is 0 Å². The Morgan fingerprint density at radius 3 is 2.32 bits per heavy atom. The normalized spacial score (nSPS) is 16.0. The van der Waals surface area contributed by atoms with Crippen molar-refractivity contribution in [2.75, 3.05) is 18.4 Å². The molecule has 1 heterocycles. The summed E-state index contributed by atoms with van der Waals surface area (Å²) >= 11 is 11.8. The maximum absolute atomic E-state index is 12.5. The van der Waals surface area contributed by atoms with Gasteiger partial charge in [-0.2, -0.15) is 4.31 Å². The van der Waals surface area contributed by atoms with Gasteiger partial charge >= 0.3 is 0 Å². The van der Waals surface area contributed by atoms with Crippen molar-refractivity contribution < 1.29 is 17.9 Å². The first-order valence-corrected chi connectivity index (χ1v) is 11.0. The second-order valence-electron chi connectivity index (χ2n) is 6.46. The zero-order chi connectivity index (χ0) is 20.3. The molecule has 1 atom stereocenters. The zero-order valence-electron chi connectivity index (χ0n) is 15.2. The first-order chi connectivity index (χ1) is 13.3. The van der Waals surface area contributed by atoms with Gasteiger partial charge < -0.3 is 10.1 Å². The van der Waals surface area contributed by atoms with Gasteiger partial charge in [0, 0.05) is 24.8 Å². The van der Waals surface area contributed by atoms with Crippen molar-refractivity contribution in [3.05, 3.63) is 52.5 Å². The molecule has 1 amide bonds. The lowest BCUT2D eigenvalue weighted by Gasteiger charge is -2.17. The molecule has 9 heteroatoms. The first-order valence-electron chi connectivity index (χ1n) is 8.80. The molecular formula is C19H20Cl2N2O4S. The number of ether oxygens (including phenoxy) is 1. The number of nitrogens with one attached hydrogen (secondary N) is 1. The Hall–Kier alpha value is -1.80. The molecule has 1 aliphatic heterocycles. The van der Waals surface area contributed by atoms with Crippen molar-refractivity contribution in [3.63, 3.8) is 0 Å². The number of rotatable bonds is 6. The topological polar surface area (TPSA) is 75.7 Å². The molecule has 0 saturated carbocycles. The van der Waals surface area contributed by atoms with Gasteiger partial charge in [0.15, 0.2) is 6.10 Å². The van der Waals surface area contributed by atoms with Gasteiger partial charge in [-0.3, -0.25) is 4.79 Å². The minimum atomic E-state index is -3.48. The molecule has 0 aliphatic carbocycles. The Morgan fingerprint density at radius 1 is 1.07 bits per heavy atom. The Morgan fingerprint density at radius 2 is 1.71 bits per heavy atom. The lowest BCUT2D eigenvalue weighted by atomic mass is 10.3. The fourth-order valence-electron chi connectivity index (χ4n) is 2.84. The highest BCUT2D eigenvalue weighted by Gasteiger charge is 2.27. The summed E-state index contributed by atoms with van der Waals surface area (Å²) in [4.78, 5) is 12.6. The lowest BCUT2D eigenvalue weighted by molar-refractivity contribution is -0.122. The molecule has 150 valence electrons. The number of carbonyl (C=O) groups excluding carboxylic acids is 1. The van der Waals surface area contributed by atoms with Gasteiger partial charge in [-0.25, -0.2) is 8.42 Å². The standard InChI is InChI=1S/C19H20Cl2N2O4S/c1-13(27-15-6-9-17(20)18(21)12-15)19(24)22-14-4-7-16(8-5-14)28(25,26)23-10-2-3-11-23/h4-9,12-13H,2-3,10-11H2,1H3,(H,22,24). The van der Waals surface area contributed by atoms with Crippen LogP contribution in [0.5, 0.6) is 5.75 Å². The van der Waals surface area contributed by atoms with E-state index in [0.717, 1.165) is 12.8 Å². The fourth-order valence-corrected chi connectivity index (χ4v) is 4.64. The second kappa shape index (κ2) is 8.69. The van der Waals surface area contributed by atoms with Gasteiger partial charge in [0.25, 0.3) is 5.91 Å². The molecule has 1 N–H and O–H groups in total. The highest BCUT2D eigenvalue weighted by molar-refractivity contribution is 7.89. The van der Waals surface area contributed by atoms with Crippen LogP contribution in [0.25, 0.3) is 0 Å². The molecule has 1 aliphatic rings. The molecule has 6 nitrogen and oxygen atoms in total. The van der Waals surface area contributed by atoms with Gasteiger partial charge in [-0.1, -0.05) is 23.2 Å². The van der Waals surface area contributed by atoms with E-state index in [1.807, 2.05) is 0 Å². The third-order valence-corrected chi connectivity index (χ3v) is 7.05. The molecule has 28 heavy (non-hydrogen) atoms. The minimum Gasteiger partial charge on any atom is -0.481 e. The van der Waals surface area contributed by atoms with Gasteiger partial charge in [-0.05, 0) is 56.2 Å². The van der Waals surface area contributed by atoms with Crippen LogP contribution in [0, 0.1) is 0 Å². The first kappa shape index (κ1) is 20.9. The van der Waals surface area contributed by atoms with E-state index in [4.69, 9.17) is 27.9 Å². The molecule has 1 fully saturated rings. The van der Waals surface area contributed by atoms with Crippen LogP contribution in [0.15, 0.2) is 47.4 Å². The van der Waals surface area contributed by atoms with Crippen LogP contribution in [-0.4, -0.2) is 37.8 Å². The number of halogens is 2. The quantitative estimate of drug-likeness (QED) is 0.727. The fraction of sp³-hybridized carbons (Fsp3) is 0.316. The van der Waals surface area contributed by atoms with Gasteiger partial charge in [0.2, 0.25) is 10.0 Å². The van der Waals surface area contributed by atoms with E-state index in [1.165, 1.54) is 22.5 Å². The van der Waals surface area contributed by atoms with E-state index in [0.29, 0.717) is 34.6 Å². The lowest BCUT2D eigenvalue weighted by Crippen LogP contribution is -2.30. The average molecular weight is 443 g/mol. The van der Waals surface area contributed by atoms with Crippen molar-refractivity contribution in [1.82, 2.24) is 4.31 Å². The zero-order valence-corrected chi connectivity index (χ0v) is 17.5. The maximum Gasteiger partial charge on any atom is 0.265 e. The van der Waals surface area contributed by atoms with E-state index < -0.39 is 16.1 Å². The third kappa shape index (κ3) is 4.78. The van der Waals surface area contributed by atoms with E-state index >= 15 is 0 Å². The number of hydrogen-bond acceptors (Lipinski definition) is 4. The Kier molecular flexibility index (Phi) is 6.50. The maximum atomic E-state index is 12.5. The van der Waals surface area contributed by atoms with E-state index in [2.05, 4.69) is 5.32 Å². The summed E-state index contributed by atoms with van der Waals surface area (Å²) in [6.45, 7) is 2.69. The van der Waals surface area contributed by atoms with Crippen molar-refractivity contribution in [3.8, 4) is 5.75 Å². The van der Waals surface area contributed by atoms with Crippen LogP contribution >= 0.6 is 23.2 Å². The summed E-state index contributed by atoms with van der Waals surface area (Å²) in [5.74, 6) is 0.0466. The monoisotopic (exact) mass is 442 g/mol. The van der Waals surface area contributed by atoms with Crippen LogP contribution in [0.2, 0.25) is 10.0 Å². The predicted molar refractivity (Wildman–Crippen MR) is 110 cm³/mol. The van der Waals surface area contributed by atoms with Gasteiger partial charge in [-0.15, -0.1) is 0 Å². The molecule has 1 saturated heterocycles. The molecule has 1 unspecified atom stereocenters. The van der Waals surface area contributed by atoms with Crippen molar-refractivity contribution >= 4 is 44.8 Å². The summed E-state index contributed by atoms with van der Waals surface area (Å²) in [6, 6.07) is 10.9. The molecule has 0 spiro atoms.